The normalized spacial score (nSPS) is 20.1. The summed E-state index contributed by atoms with van der Waals surface area (Å²) in [7, 11) is 1.99. The lowest BCUT2D eigenvalue weighted by atomic mass is 10.0. The Bertz CT molecular complexity index is 1480. The molecule has 0 radical (unpaired) electrons. The van der Waals surface area contributed by atoms with Crippen LogP contribution < -0.4 is 10.1 Å². The van der Waals surface area contributed by atoms with E-state index in [1.165, 1.54) is 0 Å². The molecule has 0 fully saturated rings. The van der Waals surface area contributed by atoms with Gasteiger partial charge in [0.25, 0.3) is 11.8 Å². The molecular weight excluding hydrogens is 600 g/mol. The summed E-state index contributed by atoms with van der Waals surface area (Å²) in [6, 6.07) is 14.6. The van der Waals surface area contributed by atoms with Gasteiger partial charge < -0.3 is 29.9 Å². The number of carboxylic acids is 1. The number of hydrogen-bond donors (Lipinski definition) is 3. The predicted molar refractivity (Wildman–Crippen MR) is 179 cm³/mol. The first-order chi connectivity index (χ1) is 22.5. The molecule has 0 bridgehead atoms. The van der Waals surface area contributed by atoms with Crippen molar-refractivity contribution in [1.29, 1.82) is 0 Å². The zero-order chi connectivity index (χ0) is 33.9. The van der Waals surface area contributed by atoms with E-state index in [4.69, 9.17) is 9.47 Å². The quantitative estimate of drug-likeness (QED) is 0.294. The average Bonchev–Trinajstić information content (AvgIpc) is 3.06. The van der Waals surface area contributed by atoms with E-state index in [0.717, 1.165) is 24.8 Å². The van der Waals surface area contributed by atoms with Gasteiger partial charge in [0.15, 0.2) is 0 Å². The summed E-state index contributed by atoms with van der Waals surface area (Å²) in [5.41, 5.74) is 2.41. The number of fused-ring (bicyclic) bond motifs is 1. The van der Waals surface area contributed by atoms with Gasteiger partial charge in [0.2, 0.25) is 0 Å². The lowest BCUT2D eigenvalue weighted by Gasteiger charge is -2.36. The van der Waals surface area contributed by atoms with Gasteiger partial charge in [-0.25, -0.2) is 4.79 Å². The lowest BCUT2D eigenvalue weighted by molar-refractivity contribution is -0.0177. The highest BCUT2D eigenvalue weighted by Gasteiger charge is 2.30. The Labute approximate surface area is 276 Å². The fourth-order valence-corrected chi connectivity index (χ4v) is 5.61. The number of carbonyl (C=O) groups is 3. The zero-order valence-electron chi connectivity index (χ0n) is 27.6. The maximum Gasteiger partial charge on any atom is 0.335 e. The molecule has 1 aromatic heterocycles. The van der Waals surface area contributed by atoms with E-state index in [1.807, 2.05) is 33.0 Å². The van der Waals surface area contributed by atoms with Crippen molar-refractivity contribution in [2.45, 2.75) is 64.8 Å². The molecule has 0 aliphatic carbocycles. The number of carbonyl (C=O) groups excluding carboxylic acids is 2. The van der Waals surface area contributed by atoms with Gasteiger partial charge in [0.05, 0.1) is 36.0 Å². The largest absolute Gasteiger partial charge is 0.490 e. The Balaban J connectivity index is 1.59. The molecule has 3 N–H and O–H groups in total. The van der Waals surface area contributed by atoms with Crippen molar-refractivity contribution in [1.82, 2.24) is 14.8 Å². The molecule has 11 heteroatoms. The van der Waals surface area contributed by atoms with Gasteiger partial charge in [-0.3, -0.25) is 19.5 Å². The number of ether oxygens (including phenoxy) is 2. The van der Waals surface area contributed by atoms with Crippen LogP contribution in [0.25, 0.3) is 0 Å². The minimum Gasteiger partial charge on any atom is -0.490 e. The maximum atomic E-state index is 14.3. The van der Waals surface area contributed by atoms with Gasteiger partial charge in [0, 0.05) is 55.8 Å². The topological polar surface area (TPSA) is 142 Å². The number of nitrogens with one attached hydrogen (secondary N) is 1. The van der Waals surface area contributed by atoms with Crippen LogP contribution in [0, 0.1) is 5.92 Å². The van der Waals surface area contributed by atoms with E-state index in [9.17, 15) is 24.6 Å². The number of nitrogens with zero attached hydrogens (tertiary/aromatic N) is 3. The molecule has 4 rings (SSSR count). The highest BCUT2D eigenvalue weighted by Crippen LogP contribution is 2.29. The maximum absolute atomic E-state index is 14.3. The van der Waals surface area contributed by atoms with Crippen LogP contribution in [0.4, 0.5) is 5.69 Å². The summed E-state index contributed by atoms with van der Waals surface area (Å²) in [6.45, 7) is 7.63. The third kappa shape index (κ3) is 10.1. The number of anilines is 1. The van der Waals surface area contributed by atoms with Crippen LogP contribution in [0.2, 0.25) is 0 Å². The standard InChI is InChI=1S/C36H46N4O7/c1-24-20-40(25(2)23-41)35(43)31-19-30(38-34(42)28-14-16-37-17-15-28)12-13-32(31)47-26(3)7-5-6-18-46-33(24)22-39(4)21-27-8-10-29(11-9-27)36(44)45/h8-17,19,24-26,33,41H,5-7,18,20-23H2,1-4H3,(H,38,42)(H,44,45)/t24-,25-,26-,33+/m0/s1. The van der Waals surface area contributed by atoms with Crippen LogP contribution in [0.1, 0.15) is 76.7 Å². The number of rotatable bonds is 9. The Morgan fingerprint density at radius 2 is 1.79 bits per heavy atom. The Kier molecular flexibility index (Phi) is 12.9. The minimum absolute atomic E-state index is 0.106. The highest BCUT2D eigenvalue weighted by atomic mass is 16.5. The minimum atomic E-state index is -0.961. The van der Waals surface area contributed by atoms with Crippen molar-refractivity contribution in [3.63, 3.8) is 0 Å². The fraction of sp³-hybridized carbons (Fsp3) is 0.444. The number of aliphatic hydroxyl groups excluding tert-OH is 1. The van der Waals surface area contributed by atoms with E-state index >= 15 is 0 Å². The molecule has 2 aromatic carbocycles. The van der Waals surface area contributed by atoms with Crippen LogP contribution in [0.5, 0.6) is 5.75 Å². The molecule has 1 aliphatic rings. The predicted octanol–water partition coefficient (Wildman–Crippen LogP) is 4.96. The van der Waals surface area contributed by atoms with Crippen LogP contribution in [0.15, 0.2) is 67.0 Å². The molecule has 11 nitrogen and oxygen atoms in total. The highest BCUT2D eigenvalue weighted by molar-refractivity contribution is 6.05. The molecular formula is C36H46N4O7. The summed E-state index contributed by atoms with van der Waals surface area (Å²) < 4.78 is 12.7. The molecule has 0 saturated carbocycles. The van der Waals surface area contributed by atoms with Gasteiger partial charge in [-0.1, -0.05) is 19.1 Å². The van der Waals surface area contributed by atoms with Crippen molar-refractivity contribution < 1.29 is 34.1 Å². The fourth-order valence-electron chi connectivity index (χ4n) is 5.61. The monoisotopic (exact) mass is 646 g/mol. The van der Waals surface area contributed by atoms with Crippen LogP contribution in [0.3, 0.4) is 0 Å². The van der Waals surface area contributed by atoms with E-state index in [0.29, 0.717) is 48.8 Å². The third-order valence-electron chi connectivity index (χ3n) is 8.40. The number of benzene rings is 2. The molecule has 0 saturated heterocycles. The summed E-state index contributed by atoms with van der Waals surface area (Å²) in [5, 5.41) is 22.3. The molecule has 4 atom stereocenters. The van der Waals surface area contributed by atoms with Gasteiger partial charge in [-0.2, -0.15) is 0 Å². The van der Waals surface area contributed by atoms with Crippen molar-refractivity contribution in [2.24, 2.45) is 5.92 Å². The Morgan fingerprint density at radius 3 is 2.47 bits per heavy atom. The number of amides is 2. The van der Waals surface area contributed by atoms with Crippen molar-refractivity contribution in [3.05, 3.63) is 89.2 Å². The zero-order valence-corrected chi connectivity index (χ0v) is 27.6. The second-order valence-corrected chi connectivity index (χ2v) is 12.4. The van der Waals surface area contributed by atoms with E-state index in [-0.39, 0.29) is 42.1 Å². The molecule has 0 spiro atoms. The molecule has 252 valence electrons. The smallest absolute Gasteiger partial charge is 0.335 e. The lowest BCUT2D eigenvalue weighted by Crippen LogP contribution is -2.47. The Hall–Kier alpha value is -4.32. The summed E-state index contributed by atoms with van der Waals surface area (Å²) in [5.74, 6) is -1.29. The molecule has 2 amide bonds. The number of likely N-dealkylation sites (N-methyl/N-ethyl adjacent to an activating group) is 1. The van der Waals surface area contributed by atoms with Crippen molar-refractivity contribution in [3.8, 4) is 5.75 Å². The van der Waals surface area contributed by atoms with Gasteiger partial charge in [-0.15, -0.1) is 0 Å². The first-order valence-electron chi connectivity index (χ1n) is 16.1. The third-order valence-corrected chi connectivity index (χ3v) is 8.40. The average molecular weight is 647 g/mol. The van der Waals surface area contributed by atoms with E-state index in [1.54, 1.807) is 66.7 Å². The summed E-state index contributed by atoms with van der Waals surface area (Å²) >= 11 is 0. The molecule has 47 heavy (non-hydrogen) atoms. The van der Waals surface area contributed by atoms with Gasteiger partial charge in [0.1, 0.15) is 5.75 Å². The number of aliphatic hydroxyl groups is 1. The molecule has 1 aliphatic heterocycles. The van der Waals surface area contributed by atoms with Crippen molar-refractivity contribution in [2.75, 3.05) is 38.7 Å². The Morgan fingerprint density at radius 1 is 1.06 bits per heavy atom. The van der Waals surface area contributed by atoms with Crippen LogP contribution >= 0.6 is 0 Å². The van der Waals surface area contributed by atoms with Gasteiger partial charge >= 0.3 is 5.97 Å². The number of hydrogen-bond acceptors (Lipinski definition) is 8. The van der Waals surface area contributed by atoms with E-state index < -0.39 is 12.0 Å². The second kappa shape index (κ2) is 17.0. The SMILES string of the molecule is C[C@H]1CCCCO[C@H](CN(C)Cc2ccc(C(=O)O)cc2)[C@@H](C)CN([C@@H](C)CO)C(=O)c2cc(NC(=O)c3ccncc3)ccc2O1. The van der Waals surface area contributed by atoms with E-state index in [2.05, 4.69) is 15.2 Å². The van der Waals surface area contributed by atoms with Crippen LogP contribution in [-0.2, 0) is 11.3 Å². The second-order valence-electron chi connectivity index (χ2n) is 12.4. The first-order valence-corrected chi connectivity index (χ1v) is 16.1. The van der Waals surface area contributed by atoms with Crippen LogP contribution in [-0.4, -0.2) is 94.4 Å². The molecule has 2 heterocycles. The molecule has 3 aromatic rings. The van der Waals surface area contributed by atoms with Crippen molar-refractivity contribution >= 4 is 23.5 Å². The van der Waals surface area contributed by atoms with Gasteiger partial charge in [-0.05, 0) is 88.2 Å². The number of carboxylic acid groups (broad SMARTS) is 1. The number of aromatic nitrogens is 1. The molecule has 0 unspecified atom stereocenters. The first kappa shape index (κ1) is 35.5. The number of aromatic carboxylic acids is 1. The summed E-state index contributed by atoms with van der Waals surface area (Å²) in [6.07, 6.45) is 5.19. The number of pyridine rings is 1. The summed E-state index contributed by atoms with van der Waals surface area (Å²) in [4.78, 5) is 46.2.